The fourth-order valence-electron chi connectivity index (χ4n) is 1.65. The summed E-state index contributed by atoms with van der Waals surface area (Å²) in [6.07, 6.45) is -0.0846. The Morgan fingerprint density at radius 1 is 1.61 bits per heavy atom. The number of ether oxygens (including phenoxy) is 2. The zero-order valence-corrected chi connectivity index (χ0v) is 11.3. The lowest BCUT2D eigenvalue weighted by atomic mass is 9.97. The second-order valence-electron chi connectivity index (χ2n) is 4.25. The van der Waals surface area contributed by atoms with Crippen molar-refractivity contribution in [3.8, 4) is 0 Å². The Kier molecular flexibility index (Phi) is 5.09. The average Bonchev–Trinajstić information content (AvgIpc) is 2.57. The molecular formula is C10H19NO6S. The molecule has 1 heterocycles. The topological polar surface area (TPSA) is 102 Å². The van der Waals surface area contributed by atoms with E-state index in [9.17, 15) is 18.3 Å². The quantitative estimate of drug-likeness (QED) is 0.606. The van der Waals surface area contributed by atoms with Crippen molar-refractivity contribution in [3.63, 3.8) is 0 Å². The summed E-state index contributed by atoms with van der Waals surface area (Å²) < 4.78 is 35.0. The molecular weight excluding hydrogens is 262 g/mol. The third kappa shape index (κ3) is 4.20. The molecule has 0 aromatic rings. The second-order valence-corrected chi connectivity index (χ2v) is 6.06. The number of carbonyl (C=O) groups is 1. The van der Waals surface area contributed by atoms with E-state index < -0.39 is 33.5 Å². The minimum atomic E-state index is -3.79. The maximum absolute atomic E-state index is 11.6. The van der Waals surface area contributed by atoms with E-state index in [-0.39, 0.29) is 13.2 Å². The molecule has 2 unspecified atom stereocenters. The van der Waals surface area contributed by atoms with Crippen LogP contribution in [0.5, 0.6) is 0 Å². The number of sulfonamides is 1. The van der Waals surface area contributed by atoms with E-state index in [0.29, 0.717) is 13.0 Å². The van der Waals surface area contributed by atoms with Gasteiger partial charge in [0, 0.05) is 19.6 Å². The largest absolute Gasteiger partial charge is 0.465 e. The Labute approximate surface area is 107 Å². The highest BCUT2D eigenvalue weighted by Crippen LogP contribution is 2.24. The number of hydrogen-bond donors (Lipinski definition) is 2. The van der Waals surface area contributed by atoms with Crippen LogP contribution in [0.2, 0.25) is 0 Å². The van der Waals surface area contributed by atoms with Crippen molar-refractivity contribution >= 4 is 16.0 Å². The van der Waals surface area contributed by atoms with Crippen LogP contribution in [0.25, 0.3) is 0 Å². The van der Waals surface area contributed by atoms with Gasteiger partial charge in [-0.3, -0.25) is 4.79 Å². The third-order valence-corrected chi connectivity index (χ3v) is 4.07. The van der Waals surface area contributed by atoms with Crippen LogP contribution in [0.1, 0.15) is 20.3 Å². The van der Waals surface area contributed by atoms with E-state index >= 15 is 0 Å². The Bertz CT molecular complexity index is 395. The molecule has 0 spiro atoms. The Balaban J connectivity index is 2.49. The number of hydrogen-bond acceptors (Lipinski definition) is 6. The Morgan fingerprint density at radius 2 is 2.28 bits per heavy atom. The van der Waals surface area contributed by atoms with Gasteiger partial charge in [0.2, 0.25) is 10.0 Å². The number of esters is 1. The molecule has 0 radical (unpaired) electrons. The lowest BCUT2D eigenvalue weighted by Crippen LogP contribution is -2.48. The van der Waals surface area contributed by atoms with Crippen molar-refractivity contribution in [2.24, 2.45) is 0 Å². The van der Waals surface area contributed by atoms with Gasteiger partial charge in [-0.2, -0.15) is 0 Å². The monoisotopic (exact) mass is 281 g/mol. The first kappa shape index (κ1) is 15.4. The molecule has 0 amide bonds. The van der Waals surface area contributed by atoms with Gasteiger partial charge in [0.15, 0.2) is 5.75 Å². The molecule has 0 bridgehead atoms. The number of carbonyl (C=O) groups excluding carboxylic acids is 1. The first-order valence-electron chi connectivity index (χ1n) is 5.76. The molecule has 18 heavy (non-hydrogen) atoms. The molecule has 1 rings (SSSR count). The summed E-state index contributed by atoms with van der Waals surface area (Å²) in [6.45, 7) is 3.61. The predicted molar refractivity (Wildman–Crippen MR) is 63.4 cm³/mol. The van der Waals surface area contributed by atoms with Crippen molar-refractivity contribution in [2.45, 2.75) is 32.0 Å². The highest BCUT2D eigenvalue weighted by molar-refractivity contribution is 7.90. The summed E-state index contributed by atoms with van der Waals surface area (Å²) in [4.78, 5) is 11.1. The number of rotatable bonds is 6. The van der Waals surface area contributed by atoms with Crippen molar-refractivity contribution < 1.29 is 27.8 Å². The summed E-state index contributed by atoms with van der Waals surface area (Å²) in [6, 6.07) is 0. The van der Waals surface area contributed by atoms with Crippen molar-refractivity contribution in [1.82, 2.24) is 4.72 Å². The van der Waals surface area contributed by atoms with Crippen molar-refractivity contribution in [1.29, 1.82) is 0 Å². The normalized spacial score (nSPS) is 28.3. The van der Waals surface area contributed by atoms with E-state index in [0.717, 1.165) is 0 Å². The standard InChI is InChI=1S/C10H19NO6S/c1-3-16-9(12)6-18(14,15)11-7-10(13)4-5-17-8(10)2/h8,11,13H,3-7H2,1-2H3. The second kappa shape index (κ2) is 5.96. The zero-order valence-electron chi connectivity index (χ0n) is 10.5. The van der Waals surface area contributed by atoms with Gasteiger partial charge in [-0.15, -0.1) is 0 Å². The van der Waals surface area contributed by atoms with Crippen LogP contribution in [-0.4, -0.2) is 56.7 Å². The molecule has 1 aliphatic rings. The first-order chi connectivity index (χ1) is 8.29. The van der Waals surface area contributed by atoms with E-state index in [4.69, 9.17) is 4.74 Å². The molecule has 7 nitrogen and oxygen atoms in total. The van der Waals surface area contributed by atoms with Crippen LogP contribution < -0.4 is 4.72 Å². The van der Waals surface area contributed by atoms with Gasteiger partial charge in [0.25, 0.3) is 0 Å². The smallest absolute Gasteiger partial charge is 0.322 e. The highest BCUT2D eigenvalue weighted by Gasteiger charge is 2.40. The van der Waals surface area contributed by atoms with Crippen LogP contribution >= 0.6 is 0 Å². The van der Waals surface area contributed by atoms with Crippen molar-refractivity contribution in [2.75, 3.05) is 25.5 Å². The van der Waals surface area contributed by atoms with Crippen LogP contribution in [0.4, 0.5) is 0 Å². The van der Waals surface area contributed by atoms with Gasteiger partial charge >= 0.3 is 5.97 Å². The van der Waals surface area contributed by atoms with Gasteiger partial charge in [-0.05, 0) is 13.8 Å². The van der Waals surface area contributed by atoms with Crippen LogP contribution in [-0.2, 0) is 24.3 Å². The third-order valence-electron chi connectivity index (χ3n) is 2.87. The molecule has 8 heteroatoms. The fraction of sp³-hybridized carbons (Fsp3) is 0.900. The highest BCUT2D eigenvalue weighted by atomic mass is 32.2. The first-order valence-corrected chi connectivity index (χ1v) is 7.41. The van der Waals surface area contributed by atoms with Gasteiger partial charge < -0.3 is 14.6 Å². The van der Waals surface area contributed by atoms with Crippen LogP contribution in [0, 0.1) is 0 Å². The fourth-order valence-corrected chi connectivity index (χ4v) is 2.61. The molecule has 1 fully saturated rings. The lowest BCUT2D eigenvalue weighted by molar-refractivity contribution is -0.139. The van der Waals surface area contributed by atoms with E-state index in [1.54, 1.807) is 13.8 Å². The molecule has 1 aliphatic heterocycles. The van der Waals surface area contributed by atoms with Gasteiger partial charge in [0.1, 0.15) is 5.60 Å². The van der Waals surface area contributed by atoms with E-state index in [1.807, 2.05) is 0 Å². The lowest BCUT2D eigenvalue weighted by Gasteiger charge is -2.25. The molecule has 0 aromatic heterocycles. The molecule has 0 aromatic carbocycles. The number of aliphatic hydroxyl groups is 1. The van der Waals surface area contributed by atoms with Gasteiger partial charge in [0.05, 0.1) is 12.7 Å². The van der Waals surface area contributed by atoms with Gasteiger partial charge in [-0.25, -0.2) is 13.1 Å². The van der Waals surface area contributed by atoms with Crippen molar-refractivity contribution in [3.05, 3.63) is 0 Å². The Hall–Kier alpha value is -0.700. The maximum Gasteiger partial charge on any atom is 0.322 e. The summed E-state index contributed by atoms with van der Waals surface area (Å²) in [5, 5.41) is 10.1. The van der Waals surface area contributed by atoms with Crippen LogP contribution in [0.3, 0.4) is 0 Å². The predicted octanol–water partition coefficient (Wildman–Crippen LogP) is -0.991. The maximum atomic E-state index is 11.6. The van der Waals surface area contributed by atoms with E-state index in [2.05, 4.69) is 9.46 Å². The Morgan fingerprint density at radius 3 is 2.78 bits per heavy atom. The molecule has 1 saturated heterocycles. The number of nitrogens with one attached hydrogen (secondary N) is 1. The SMILES string of the molecule is CCOC(=O)CS(=O)(=O)NCC1(O)CCOC1C. The summed E-state index contributed by atoms with van der Waals surface area (Å²) >= 11 is 0. The average molecular weight is 281 g/mol. The minimum absolute atomic E-state index is 0.128. The summed E-state index contributed by atoms with van der Waals surface area (Å²) in [5.74, 6) is -1.56. The molecule has 2 N–H and O–H groups in total. The molecule has 0 saturated carbocycles. The minimum Gasteiger partial charge on any atom is -0.465 e. The molecule has 0 aliphatic carbocycles. The zero-order chi connectivity index (χ0) is 13.8. The molecule has 106 valence electrons. The summed E-state index contributed by atoms with van der Waals surface area (Å²) in [7, 11) is -3.79. The summed E-state index contributed by atoms with van der Waals surface area (Å²) in [5.41, 5.74) is -1.22. The van der Waals surface area contributed by atoms with Gasteiger partial charge in [-0.1, -0.05) is 0 Å². The van der Waals surface area contributed by atoms with E-state index in [1.165, 1.54) is 0 Å². The van der Waals surface area contributed by atoms with Crippen LogP contribution in [0.15, 0.2) is 0 Å². The molecule has 2 atom stereocenters.